The first kappa shape index (κ1) is 100. The molecule has 4 aliphatic carbocycles. The minimum Gasteiger partial charge on any atom is -0.481 e. The van der Waals surface area contributed by atoms with Gasteiger partial charge < -0.3 is 49.0 Å². The van der Waals surface area contributed by atoms with E-state index in [2.05, 4.69) is 55.6 Å². The molecule has 0 aliphatic heterocycles. The van der Waals surface area contributed by atoms with Crippen molar-refractivity contribution in [2.24, 2.45) is 23.7 Å². The van der Waals surface area contributed by atoms with Gasteiger partial charge in [-0.3, -0.25) is 19.2 Å². The molecule has 0 bridgehead atoms. The summed E-state index contributed by atoms with van der Waals surface area (Å²) in [5.74, 6) is -12.9. The molecule has 9 aromatic rings. The number of aromatic carboxylic acids is 1. The average Bonchev–Trinajstić information content (AvgIpc) is 1.33. The summed E-state index contributed by atoms with van der Waals surface area (Å²) >= 11 is 5.32. The van der Waals surface area contributed by atoms with Crippen LogP contribution in [-0.2, 0) is 66.8 Å². The Morgan fingerprint density at radius 3 is 1.00 bits per heavy atom. The molecule has 129 heavy (non-hydrogen) atoms. The van der Waals surface area contributed by atoms with Gasteiger partial charge in [0.05, 0.1) is 111 Å². The maximum Gasteiger partial charge on any atom is 0.421 e. The van der Waals surface area contributed by atoms with Crippen LogP contribution in [0.25, 0.3) is 0 Å². The lowest BCUT2D eigenvalue weighted by molar-refractivity contribution is -0.143. The number of carboxylic acid groups (broad SMARTS) is 2. The monoisotopic (exact) mass is 1840 g/mol. The number of hydrogen-bond acceptors (Lipinski definition) is 22. The van der Waals surface area contributed by atoms with Gasteiger partial charge in [0, 0.05) is 90.9 Å². The van der Waals surface area contributed by atoms with Gasteiger partial charge >= 0.3 is 42.4 Å². The van der Waals surface area contributed by atoms with Crippen LogP contribution in [0, 0.1) is 41.1 Å². The summed E-state index contributed by atoms with van der Waals surface area (Å²) in [6.45, 7) is 10.1. The third-order valence-corrected chi connectivity index (χ3v) is 21.4. The van der Waals surface area contributed by atoms with E-state index in [-0.39, 0.29) is 111 Å². The smallest absolute Gasteiger partial charge is 0.421 e. The Hall–Kier alpha value is -12.3. The van der Waals surface area contributed by atoms with Crippen LogP contribution in [0.3, 0.4) is 0 Å². The largest absolute Gasteiger partial charge is 0.481 e. The number of esters is 2. The first-order valence-corrected chi connectivity index (χ1v) is 42.0. The van der Waals surface area contributed by atoms with Crippen molar-refractivity contribution in [1.82, 2.24) is 59.9 Å². The molecular formula is C87H98ClF12N15O14. The quantitative estimate of drug-likeness (QED) is 0.0272. The minimum atomic E-state index is -4.91. The normalized spacial score (nSPS) is 14.7. The first-order valence-electron chi connectivity index (χ1n) is 41.6. The van der Waals surface area contributed by atoms with Crippen LogP contribution in [0.1, 0.15) is 234 Å². The van der Waals surface area contributed by atoms with Crippen LogP contribution in [0.4, 0.5) is 69.7 Å². The number of pyridine rings is 3. The molecule has 2 amide bonds. The van der Waals surface area contributed by atoms with E-state index in [1.54, 1.807) is 41.5 Å². The topological polar surface area (TPSA) is 355 Å². The highest BCUT2D eigenvalue weighted by atomic mass is 35.5. The molecule has 13 rings (SSSR count). The minimum absolute atomic E-state index is 0.0289. The Labute approximate surface area is 738 Å². The van der Waals surface area contributed by atoms with Gasteiger partial charge in [0.25, 0.3) is 0 Å². The summed E-state index contributed by atoms with van der Waals surface area (Å²) in [5, 5.41) is 44.2. The van der Waals surface area contributed by atoms with Gasteiger partial charge in [-0.1, -0.05) is 77.0 Å². The predicted octanol–water partition coefficient (Wildman–Crippen LogP) is 19.7. The molecule has 6 aromatic heterocycles. The number of nitrogens with zero attached hydrogens (tertiary/aromatic N) is 14. The Balaban J connectivity index is 0.000000199. The van der Waals surface area contributed by atoms with Gasteiger partial charge in [0.2, 0.25) is 34.7 Å². The number of methoxy groups -OCH3 is 2. The Morgan fingerprint density at radius 1 is 0.426 bits per heavy atom. The van der Waals surface area contributed by atoms with Gasteiger partial charge in [0.1, 0.15) is 16.7 Å². The van der Waals surface area contributed by atoms with Gasteiger partial charge in [-0.25, -0.2) is 42.5 Å². The number of rotatable bonds is 25. The van der Waals surface area contributed by atoms with Crippen LogP contribution >= 0.6 is 11.6 Å². The summed E-state index contributed by atoms with van der Waals surface area (Å²) in [6, 6.07) is 6.66. The number of amides is 2. The second-order valence-corrected chi connectivity index (χ2v) is 32.0. The number of aromatic nitrogens is 12. The van der Waals surface area contributed by atoms with Crippen molar-refractivity contribution in [3.8, 4) is 34.9 Å². The van der Waals surface area contributed by atoms with Gasteiger partial charge in [-0.05, 0) is 139 Å². The highest BCUT2D eigenvalue weighted by Gasteiger charge is 2.42. The number of anilines is 3. The first-order chi connectivity index (χ1) is 61.1. The fraction of sp³-hybridized carbons (Fsp3) is 0.471. The zero-order valence-corrected chi connectivity index (χ0v) is 72.4. The number of aliphatic carboxylic acids is 1. The van der Waals surface area contributed by atoms with Crippen molar-refractivity contribution in [2.45, 2.75) is 226 Å². The predicted molar refractivity (Wildman–Crippen MR) is 443 cm³/mol. The fourth-order valence-electron chi connectivity index (χ4n) is 14.9. The van der Waals surface area contributed by atoms with Crippen molar-refractivity contribution >= 4 is 69.6 Å². The second kappa shape index (κ2) is 46.1. The lowest BCUT2D eigenvalue weighted by atomic mass is 9.87. The van der Waals surface area contributed by atoms with Crippen LogP contribution in [0.5, 0.6) is 34.9 Å². The highest BCUT2D eigenvalue weighted by molar-refractivity contribution is 6.64. The van der Waals surface area contributed by atoms with Crippen LogP contribution in [0.15, 0.2) is 110 Å². The van der Waals surface area contributed by atoms with Crippen molar-refractivity contribution in [1.29, 1.82) is 0 Å². The summed E-state index contributed by atoms with van der Waals surface area (Å²) in [7, 11) is 2.23. The van der Waals surface area contributed by atoms with Crippen molar-refractivity contribution in [3.63, 3.8) is 0 Å². The number of hydrogen-bond donors (Lipinski definition) is 3. The number of halogens is 13. The van der Waals surface area contributed by atoms with Crippen molar-refractivity contribution in [2.75, 3.05) is 29.3 Å². The van der Waals surface area contributed by atoms with E-state index in [1.807, 2.05) is 0 Å². The number of carboxylic acids is 2. The summed E-state index contributed by atoms with van der Waals surface area (Å²) in [5.41, 5.74) is -4.30. The number of nitrogens with one attached hydrogen (secondary N) is 1. The number of alkyl halides is 9. The SMILES string of the molecule is CC(C)N(C(=O)C1CCCCC1)c1cc(F)c(Oc2ncc(Cn3nccn3)cc2C(F)(F)F)cc1C(=O)O.COC(=O)c1cc(Oc2ncc(Cn3nccn3)cc2C(F)(F)F)c(F)cc1N(C(=O)C1CCCCC1)C(C)C.COC(=O)c1cc(Oc2ncc(Cn3nccn3)cc2C(F)(F)F)c(F)cc1NC(C)C.O=C(Cl)C1CCCCC1.O=C(O)C1CCCCC1. The maximum atomic E-state index is 15.4. The van der Waals surface area contributed by atoms with Crippen molar-refractivity contribution < 1.29 is 120 Å². The molecule has 29 nitrogen and oxygen atoms in total. The maximum absolute atomic E-state index is 15.4. The van der Waals surface area contributed by atoms with E-state index >= 15 is 8.78 Å². The number of carbonyl (C=O) groups excluding carboxylic acids is 5. The van der Waals surface area contributed by atoms with E-state index in [9.17, 15) is 82.6 Å². The third-order valence-electron chi connectivity index (χ3n) is 21.1. The summed E-state index contributed by atoms with van der Waals surface area (Å²) in [6.07, 6.45) is 16.1. The number of carbonyl (C=O) groups is 7. The van der Waals surface area contributed by atoms with Gasteiger partial charge in [-0.2, -0.15) is 84.5 Å². The molecule has 696 valence electrons. The lowest BCUT2D eigenvalue weighted by Crippen LogP contribution is -2.42. The molecule has 0 saturated heterocycles. The molecule has 3 N–H and O–H groups in total. The molecule has 0 atom stereocenters. The molecule has 0 radical (unpaired) electrons. The highest BCUT2D eigenvalue weighted by Crippen LogP contribution is 2.45. The Bertz CT molecular complexity index is 5250. The molecule has 0 spiro atoms. The van der Waals surface area contributed by atoms with Crippen molar-refractivity contribution in [3.05, 3.63) is 178 Å². The second-order valence-electron chi connectivity index (χ2n) is 31.7. The Morgan fingerprint density at radius 2 is 0.721 bits per heavy atom. The zero-order valence-electron chi connectivity index (χ0n) is 71.7. The molecular weight excluding hydrogens is 1740 g/mol. The number of ether oxygens (including phenoxy) is 5. The van der Waals surface area contributed by atoms with E-state index in [4.69, 9.17) is 35.7 Å². The molecule has 6 heterocycles. The van der Waals surface area contributed by atoms with Crippen LogP contribution in [0.2, 0.25) is 0 Å². The summed E-state index contributed by atoms with van der Waals surface area (Å²) < 4.78 is 195. The third kappa shape index (κ3) is 28.3. The van der Waals surface area contributed by atoms with E-state index in [0.29, 0.717) is 25.7 Å². The zero-order chi connectivity index (χ0) is 94.2. The summed E-state index contributed by atoms with van der Waals surface area (Å²) in [4.78, 5) is 102. The average molecular weight is 1840 g/mol. The molecule has 4 saturated carbocycles. The van der Waals surface area contributed by atoms with Gasteiger partial charge in [-0.15, -0.1) is 0 Å². The molecule has 3 aromatic carbocycles. The molecule has 4 aliphatic rings. The van der Waals surface area contributed by atoms with Gasteiger partial charge in [0.15, 0.2) is 34.7 Å². The molecule has 4 fully saturated rings. The lowest BCUT2D eigenvalue weighted by Gasteiger charge is -2.33. The van der Waals surface area contributed by atoms with E-state index in [0.717, 1.165) is 169 Å². The van der Waals surface area contributed by atoms with E-state index < -0.39 is 129 Å². The standard InChI is InChI=1S/C27H29F4N5O4.C26H27F4N5O4.C20H19F4N5O3.C7H11ClO.C7H12O2/c1-16(2)36(25(37)18-7-5-4-6-8-18)22-13-21(28)23(12-19(22)26(38)39-3)40-24-20(27(29,30)31)11-17(14-32-24)15-35-33-9-10-34-35;1-15(2)35(24(36)17-6-4-3-5-7-17)21-12-20(27)22(11-18(21)25(37)38)39-23-19(26(28,29)30)10-16(13-31-23)14-34-32-8-9-33-34;1-11(2)28-16-8-15(21)17(7-13(16)19(30)31-3)32-18-14(20(22,23)24)6-12(9-25-18)10-29-26-4-5-27-29;2*8-7(9)6-4-2-1-3-5-6/h9-14,16,18H,4-8,15H2,1-3H3;8-13,15,17H,3-7,14H2,1-2H3,(H,37,38);4-9,11,28H,10H2,1-3H3;6H,1-5H2;6H,1-5H2,(H,8,9). The number of benzene rings is 3. The Kier molecular flexibility index (Phi) is 35.9. The van der Waals surface area contributed by atoms with E-state index in [1.165, 1.54) is 82.3 Å². The molecule has 0 unspecified atom stereocenters. The molecule has 42 heteroatoms. The van der Waals surface area contributed by atoms with Crippen LogP contribution in [-0.4, -0.2) is 143 Å². The van der Waals surface area contributed by atoms with Crippen LogP contribution < -0.4 is 29.3 Å². The fourth-order valence-corrected chi connectivity index (χ4v) is 15.1.